The molecule has 1 aromatic heterocycles. The van der Waals surface area contributed by atoms with Crippen LogP contribution in [0.4, 0.5) is 0 Å². The molecule has 1 fully saturated rings. The van der Waals surface area contributed by atoms with Gasteiger partial charge in [-0.25, -0.2) is 4.79 Å². The molecule has 0 saturated carbocycles. The third-order valence-electron chi connectivity index (χ3n) is 2.50. The number of aryl methyl sites for hydroxylation is 1. The highest BCUT2D eigenvalue weighted by atomic mass is 32.1. The van der Waals surface area contributed by atoms with Gasteiger partial charge in [-0.1, -0.05) is 12.6 Å². The van der Waals surface area contributed by atoms with E-state index in [-0.39, 0.29) is 6.42 Å². The van der Waals surface area contributed by atoms with Gasteiger partial charge in [-0.05, 0) is 6.92 Å². The summed E-state index contributed by atoms with van der Waals surface area (Å²) in [6, 6.07) is 0. The minimum atomic E-state index is -0.765. The van der Waals surface area contributed by atoms with Crippen molar-refractivity contribution in [1.82, 2.24) is 9.55 Å². The maximum absolute atomic E-state index is 11.5. The Bertz CT molecular complexity index is 499. The minimum Gasteiger partial charge on any atom is -0.389 e. The van der Waals surface area contributed by atoms with Crippen LogP contribution in [0.1, 0.15) is 18.2 Å². The first kappa shape index (κ1) is 11.4. The quantitative estimate of drug-likeness (QED) is 0.706. The van der Waals surface area contributed by atoms with E-state index in [9.17, 15) is 14.7 Å². The highest BCUT2D eigenvalue weighted by molar-refractivity contribution is 7.80. The van der Waals surface area contributed by atoms with E-state index in [1.54, 1.807) is 6.92 Å². The summed E-state index contributed by atoms with van der Waals surface area (Å²) in [4.78, 5) is 24.8. The lowest BCUT2D eigenvalue weighted by Crippen LogP contribution is -2.33. The molecule has 2 rings (SSSR count). The van der Waals surface area contributed by atoms with Crippen molar-refractivity contribution in [2.75, 3.05) is 0 Å². The summed E-state index contributed by atoms with van der Waals surface area (Å²) in [7, 11) is 0. The predicted molar refractivity (Wildman–Crippen MR) is 58.2 cm³/mol. The first-order chi connectivity index (χ1) is 7.49. The standard InChI is InChI=1S/C9H11N2O4S/c1-4-3-11(9(14)10-7(4)13)6-2-5(12)8(16)15-6/h3,5-6,8,12H,2H2,1H3,(H,10,13,14). The molecule has 1 saturated heterocycles. The molecular formula is C9H11N2O4S. The molecule has 1 radical (unpaired) electrons. The fraction of sp³-hybridized carbons (Fsp3) is 0.556. The Labute approximate surface area is 96.3 Å². The number of nitrogens with one attached hydrogen (secondary N) is 1. The van der Waals surface area contributed by atoms with Gasteiger partial charge < -0.3 is 9.84 Å². The van der Waals surface area contributed by atoms with Crippen molar-refractivity contribution in [3.8, 4) is 0 Å². The zero-order chi connectivity index (χ0) is 11.9. The topological polar surface area (TPSA) is 84.3 Å². The van der Waals surface area contributed by atoms with Crippen molar-refractivity contribution >= 4 is 12.6 Å². The second kappa shape index (κ2) is 4.08. The number of rotatable bonds is 1. The van der Waals surface area contributed by atoms with Crippen LogP contribution < -0.4 is 11.2 Å². The van der Waals surface area contributed by atoms with Crippen molar-refractivity contribution in [2.45, 2.75) is 31.1 Å². The van der Waals surface area contributed by atoms with Gasteiger partial charge in [-0.15, -0.1) is 0 Å². The molecule has 2 heterocycles. The third kappa shape index (κ3) is 1.93. The first-order valence-corrected chi connectivity index (χ1v) is 5.27. The fourth-order valence-corrected chi connectivity index (χ4v) is 1.84. The molecule has 6 nitrogen and oxygen atoms in total. The number of ether oxygens (including phenoxy) is 1. The minimum absolute atomic E-state index is 0.250. The number of aliphatic hydroxyl groups is 1. The Kier molecular flexibility index (Phi) is 2.92. The Morgan fingerprint density at radius 2 is 2.31 bits per heavy atom. The van der Waals surface area contributed by atoms with Crippen LogP contribution in [0.5, 0.6) is 0 Å². The Hall–Kier alpha value is -1.05. The summed E-state index contributed by atoms with van der Waals surface area (Å²) in [5.74, 6) is 0. The molecule has 87 valence electrons. The highest BCUT2D eigenvalue weighted by Gasteiger charge is 2.33. The van der Waals surface area contributed by atoms with Crippen LogP contribution in [0.2, 0.25) is 0 Å². The van der Waals surface area contributed by atoms with E-state index in [1.165, 1.54) is 10.8 Å². The normalized spacial score (nSPS) is 29.6. The molecule has 2 N–H and O–H groups in total. The van der Waals surface area contributed by atoms with Gasteiger partial charge in [0.15, 0.2) is 0 Å². The van der Waals surface area contributed by atoms with E-state index in [0.29, 0.717) is 5.56 Å². The molecule has 7 heteroatoms. The second-order valence-corrected chi connectivity index (χ2v) is 4.21. The molecule has 0 amide bonds. The van der Waals surface area contributed by atoms with Gasteiger partial charge >= 0.3 is 5.69 Å². The Morgan fingerprint density at radius 3 is 2.88 bits per heavy atom. The molecule has 3 unspecified atom stereocenters. The molecule has 16 heavy (non-hydrogen) atoms. The molecule has 0 spiro atoms. The summed E-state index contributed by atoms with van der Waals surface area (Å²) >= 11 is 4.84. The van der Waals surface area contributed by atoms with E-state index in [0.717, 1.165) is 0 Å². The largest absolute Gasteiger partial charge is 0.389 e. The third-order valence-corrected chi connectivity index (χ3v) is 2.93. The van der Waals surface area contributed by atoms with Gasteiger partial charge in [0.05, 0.1) is 6.10 Å². The lowest BCUT2D eigenvalue weighted by atomic mass is 10.3. The van der Waals surface area contributed by atoms with Crippen molar-refractivity contribution in [1.29, 1.82) is 0 Å². The number of aromatic amines is 1. The molecule has 1 aliphatic heterocycles. The van der Waals surface area contributed by atoms with E-state index in [4.69, 9.17) is 17.4 Å². The van der Waals surface area contributed by atoms with Crippen LogP contribution in [0.3, 0.4) is 0 Å². The summed E-state index contributed by atoms with van der Waals surface area (Å²) in [5, 5.41) is 9.43. The monoisotopic (exact) mass is 243 g/mol. The van der Waals surface area contributed by atoms with Gasteiger partial charge in [0.1, 0.15) is 11.7 Å². The van der Waals surface area contributed by atoms with Crippen molar-refractivity contribution in [2.24, 2.45) is 0 Å². The van der Waals surface area contributed by atoms with Gasteiger partial charge in [-0.3, -0.25) is 14.3 Å². The van der Waals surface area contributed by atoms with Crippen LogP contribution in [0, 0.1) is 6.92 Å². The smallest absolute Gasteiger partial charge is 0.330 e. The average Bonchev–Trinajstić information content (AvgIpc) is 2.53. The van der Waals surface area contributed by atoms with E-state index in [1.807, 2.05) is 0 Å². The fourth-order valence-electron chi connectivity index (χ4n) is 1.60. The second-order valence-electron chi connectivity index (χ2n) is 3.74. The summed E-state index contributed by atoms with van der Waals surface area (Å²) in [6.07, 6.45) is 0.283. The molecule has 0 aliphatic carbocycles. The lowest BCUT2D eigenvalue weighted by molar-refractivity contribution is 0.0268. The molecular weight excluding hydrogens is 232 g/mol. The SMILES string of the molecule is Cc1cn(C2CC(O)C([S])O2)c(=O)[nH]c1=O. The lowest BCUT2D eigenvalue weighted by Gasteiger charge is -2.13. The van der Waals surface area contributed by atoms with Gasteiger partial charge in [0.2, 0.25) is 0 Å². The zero-order valence-electron chi connectivity index (χ0n) is 8.54. The number of hydrogen-bond donors (Lipinski definition) is 2. The molecule has 1 aromatic rings. The Morgan fingerprint density at radius 1 is 1.62 bits per heavy atom. The van der Waals surface area contributed by atoms with Crippen LogP contribution >= 0.6 is 12.6 Å². The van der Waals surface area contributed by atoms with Crippen LogP contribution in [-0.4, -0.2) is 26.2 Å². The molecule has 0 bridgehead atoms. The van der Waals surface area contributed by atoms with Gasteiger partial charge in [-0.2, -0.15) is 0 Å². The predicted octanol–water partition coefficient (Wildman–Crippen LogP) is -0.352. The van der Waals surface area contributed by atoms with Crippen molar-refractivity contribution in [3.63, 3.8) is 0 Å². The maximum atomic E-state index is 11.5. The highest BCUT2D eigenvalue weighted by Crippen LogP contribution is 2.29. The number of hydrogen-bond acceptors (Lipinski definition) is 4. The van der Waals surface area contributed by atoms with Crippen LogP contribution in [0.25, 0.3) is 0 Å². The molecule has 0 aromatic carbocycles. The van der Waals surface area contributed by atoms with Crippen molar-refractivity contribution < 1.29 is 9.84 Å². The summed E-state index contributed by atoms with van der Waals surface area (Å²) in [5.41, 5.74) is -1.29. The Balaban J connectivity index is 2.39. The van der Waals surface area contributed by atoms with Gasteiger partial charge in [0, 0.05) is 18.2 Å². The number of aliphatic hydroxyl groups excluding tert-OH is 1. The zero-order valence-corrected chi connectivity index (χ0v) is 9.36. The average molecular weight is 243 g/mol. The van der Waals surface area contributed by atoms with Crippen LogP contribution in [-0.2, 0) is 4.74 Å². The molecule has 3 atom stereocenters. The van der Waals surface area contributed by atoms with E-state index < -0.39 is 29.0 Å². The first-order valence-electron chi connectivity index (χ1n) is 4.80. The number of aromatic nitrogens is 2. The van der Waals surface area contributed by atoms with Crippen molar-refractivity contribution in [3.05, 3.63) is 32.6 Å². The van der Waals surface area contributed by atoms with E-state index >= 15 is 0 Å². The summed E-state index contributed by atoms with van der Waals surface area (Å²) in [6.45, 7) is 1.59. The summed E-state index contributed by atoms with van der Waals surface area (Å²) < 4.78 is 6.48. The molecule has 1 aliphatic rings. The van der Waals surface area contributed by atoms with E-state index in [2.05, 4.69) is 4.98 Å². The van der Waals surface area contributed by atoms with Crippen LogP contribution in [0.15, 0.2) is 15.8 Å². The number of nitrogens with zero attached hydrogens (tertiary/aromatic N) is 1. The maximum Gasteiger partial charge on any atom is 0.330 e. The number of H-pyrrole nitrogens is 1. The van der Waals surface area contributed by atoms with Gasteiger partial charge in [0.25, 0.3) is 5.56 Å².